The minimum Gasteiger partial charge on any atom is -0.234 e. The van der Waals surface area contributed by atoms with Gasteiger partial charge in [0.2, 0.25) is 0 Å². The maximum absolute atomic E-state index is 4.71. The van der Waals surface area contributed by atoms with Crippen LogP contribution in [0.3, 0.4) is 0 Å². The molecule has 0 atom stereocenters. The molecule has 128 valence electrons. The zero-order chi connectivity index (χ0) is 18.3. The summed E-state index contributed by atoms with van der Waals surface area (Å²) in [7, 11) is 0. The predicted octanol–water partition coefficient (Wildman–Crippen LogP) is 4.92. The summed E-state index contributed by atoms with van der Waals surface area (Å²) in [6.07, 6.45) is 1.76. The average molecular weight is 347 g/mol. The van der Waals surface area contributed by atoms with E-state index in [4.69, 9.17) is 5.10 Å². The number of imidazole rings is 1. The Kier molecular flexibility index (Phi) is 4.90. The molecule has 27 heavy (non-hydrogen) atoms. The van der Waals surface area contributed by atoms with Crippen molar-refractivity contribution < 1.29 is 0 Å². The summed E-state index contributed by atoms with van der Waals surface area (Å²) in [6.45, 7) is 0. The van der Waals surface area contributed by atoms with Crippen molar-refractivity contribution in [3.8, 4) is 23.1 Å². The van der Waals surface area contributed by atoms with Gasteiger partial charge in [0.05, 0.1) is 11.9 Å². The lowest BCUT2D eigenvalue weighted by atomic mass is 10.1. The minimum absolute atomic E-state index is 0.758. The molecular weight excluding hydrogens is 330 g/mol. The molecule has 0 unspecified atom stereocenters. The molecule has 0 saturated carbocycles. The van der Waals surface area contributed by atoms with Gasteiger partial charge in [0, 0.05) is 11.1 Å². The Balaban J connectivity index is 1.75. The molecule has 0 fully saturated rings. The Labute approximate surface area is 158 Å². The van der Waals surface area contributed by atoms with Gasteiger partial charge in [0.15, 0.2) is 5.65 Å². The van der Waals surface area contributed by atoms with Crippen LogP contribution in [0, 0.1) is 11.8 Å². The summed E-state index contributed by atoms with van der Waals surface area (Å²) in [6, 6.07) is 31.9. The molecule has 0 aliphatic rings. The van der Waals surface area contributed by atoms with Crippen molar-refractivity contribution in [2.24, 2.45) is 0 Å². The summed E-state index contributed by atoms with van der Waals surface area (Å²) in [5.41, 5.74) is 4.41. The molecule has 4 aromatic rings. The van der Waals surface area contributed by atoms with Crippen molar-refractivity contribution in [3.05, 3.63) is 115 Å². The van der Waals surface area contributed by atoms with Gasteiger partial charge in [-0.05, 0) is 30.2 Å². The fourth-order valence-corrected chi connectivity index (χ4v) is 2.64. The zero-order valence-electron chi connectivity index (χ0n) is 14.7. The van der Waals surface area contributed by atoms with Crippen LogP contribution < -0.4 is 0 Å². The number of benzene rings is 1. The van der Waals surface area contributed by atoms with Gasteiger partial charge in [-0.2, -0.15) is 5.10 Å². The highest BCUT2D eigenvalue weighted by atomic mass is 15.3. The molecule has 0 amide bonds. The first-order chi connectivity index (χ1) is 13.4. The van der Waals surface area contributed by atoms with Gasteiger partial charge in [-0.3, -0.25) is 0 Å². The van der Waals surface area contributed by atoms with E-state index in [9.17, 15) is 0 Å². The van der Waals surface area contributed by atoms with E-state index in [-0.39, 0.29) is 0 Å². The van der Waals surface area contributed by atoms with Crippen molar-refractivity contribution >= 4 is 5.65 Å². The predicted molar refractivity (Wildman–Crippen MR) is 108 cm³/mol. The molecule has 2 aromatic heterocycles. The molecular formula is C24H17N3. The van der Waals surface area contributed by atoms with E-state index in [1.54, 1.807) is 10.7 Å². The van der Waals surface area contributed by atoms with Crippen molar-refractivity contribution in [3.63, 3.8) is 0 Å². The van der Waals surface area contributed by atoms with Crippen LogP contribution in [0.25, 0.3) is 16.9 Å². The normalized spacial score (nSPS) is 9.93. The largest absolute Gasteiger partial charge is 0.234 e. The Morgan fingerprint density at radius 2 is 1.26 bits per heavy atom. The van der Waals surface area contributed by atoms with Crippen LogP contribution in [0.1, 0.15) is 11.3 Å². The molecule has 0 radical (unpaired) electrons. The second-order valence-electron chi connectivity index (χ2n) is 5.88. The molecule has 0 aliphatic carbocycles. The molecule has 0 saturated heterocycles. The molecule has 3 nitrogen and oxygen atoms in total. The smallest absolute Gasteiger partial charge is 0.154 e. The Bertz CT molecular complexity index is 1160. The van der Waals surface area contributed by atoms with Crippen LogP contribution in [-0.2, 0) is 0 Å². The highest BCUT2D eigenvalue weighted by molar-refractivity contribution is 5.60. The second kappa shape index (κ2) is 7.99. The molecule has 2 aromatic carbocycles. The van der Waals surface area contributed by atoms with Gasteiger partial charge in [-0.1, -0.05) is 78.7 Å². The number of fused-ring (bicyclic) bond motifs is 1. The monoisotopic (exact) mass is 347 g/mol. The van der Waals surface area contributed by atoms with E-state index in [0.717, 1.165) is 28.2 Å². The maximum atomic E-state index is 4.71. The van der Waals surface area contributed by atoms with E-state index in [1.165, 1.54) is 0 Å². The third-order valence-corrected chi connectivity index (χ3v) is 3.99. The second-order valence-corrected chi connectivity index (χ2v) is 5.88. The van der Waals surface area contributed by atoms with E-state index in [0.29, 0.717) is 0 Å². The number of hydrogen-bond donors (Lipinski definition) is 0. The van der Waals surface area contributed by atoms with Gasteiger partial charge in [0.25, 0.3) is 0 Å². The van der Waals surface area contributed by atoms with Crippen LogP contribution in [0.2, 0.25) is 0 Å². The number of rotatable bonds is 1. The topological polar surface area (TPSA) is 30.2 Å². The van der Waals surface area contributed by atoms with Gasteiger partial charge in [0.1, 0.15) is 5.69 Å². The Morgan fingerprint density at radius 1 is 0.630 bits per heavy atom. The summed E-state index contributed by atoms with van der Waals surface area (Å²) >= 11 is 0. The molecule has 2 heterocycles. The molecule has 0 spiro atoms. The van der Waals surface area contributed by atoms with Crippen molar-refractivity contribution in [2.45, 2.75) is 0 Å². The van der Waals surface area contributed by atoms with Gasteiger partial charge in [-0.15, -0.1) is 0 Å². The Hall–Kier alpha value is -3.90. The molecule has 0 N–H and O–H groups in total. The number of aromatic nitrogens is 3. The average Bonchev–Trinajstić information content (AvgIpc) is 3.13. The molecule has 0 aliphatic heterocycles. The van der Waals surface area contributed by atoms with Gasteiger partial charge in [-0.25, -0.2) is 9.50 Å². The zero-order valence-corrected chi connectivity index (χ0v) is 14.7. The molecule has 3 heteroatoms. The standard InChI is InChI=1S/C24H17N3/c1-2-4-7-11-20(12-8-5-3-1)15-16-22-19-25-24-18-17-23(26-27(22)24)21-13-9-6-10-14-21/h1-14,17-19H. The fraction of sp³-hybridized carbons (Fsp3) is 0. The van der Waals surface area contributed by atoms with Crippen molar-refractivity contribution in [2.75, 3.05) is 0 Å². The summed E-state index contributed by atoms with van der Waals surface area (Å²) in [4.78, 5) is 4.40. The van der Waals surface area contributed by atoms with Crippen LogP contribution in [0.5, 0.6) is 0 Å². The fourth-order valence-electron chi connectivity index (χ4n) is 2.64. The van der Waals surface area contributed by atoms with Gasteiger partial charge < -0.3 is 0 Å². The SMILES string of the molecule is C(#Cc1cnc2ccc(-c3ccccc3)nn12)c1ccccccccc1. The van der Waals surface area contributed by atoms with E-state index >= 15 is 0 Å². The highest BCUT2D eigenvalue weighted by Gasteiger charge is 2.05. The van der Waals surface area contributed by atoms with Crippen LogP contribution in [-0.4, -0.2) is 14.6 Å². The summed E-state index contributed by atoms with van der Waals surface area (Å²) < 4.78 is 1.79. The van der Waals surface area contributed by atoms with Crippen LogP contribution in [0.4, 0.5) is 0 Å². The maximum Gasteiger partial charge on any atom is 0.154 e. The van der Waals surface area contributed by atoms with E-state index in [2.05, 4.69) is 16.8 Å². The summed E-state index contributed by atoms with van der Waals surface area (Å²) in [5, 5.41) is 4.71. The quantitative estimate of drug-likeness (QED) is 0.458. The van der Waals surface area contributed by atoms with E-state index < -0.39 is 0 Å². The van der Waals surface area contributed by atoms with Crippen LogP contribution >= 0.6 is 0 Å². The van der Waals surface area contributed by atoms with Crippen molar-refractivity contribution in [1.82, 2.24) is 14.6 Å². The minimum atomic E-state index is 0.758. The number of hydrogen-bond acceptors (Lipinski definition) is 2. The lowest BCUT2D eigenvalue weighted by Crippen LogP contribution is -1.96. The first kappa shape index (κ1) is 16.6. The first-order valence-electron chi connectivity index (χ1n) is 8.71. The lowest BCUT2D eigenvalue weighted by Gasteiger charge is -2.01. The van der Waals surface area contributed by atoms with Crippen LogP contribution in [0.15, 0.2) is 103 Å². The highest BCUT2D eigenvalue weighted by Crippen LogP contribution is 2.17. The third-order valence-electron chi connectivity index (χ3n) is 3.99. The summed E-state index contributed by atoms with van der Waals surface area (Å²) in [5.74, 6) is 6.40. The van der Waals surface area contributed by atoms with E-state index in [1.807, 2.05) is 97.1 Å². The first-order valence-corrected chi connectivity index (χ1v) is 8.71. The molecule has 4 rings (SSSR count). The lowest BCUT2D eigenvalue weighted by molar-refractivity contribution is 0.930. The molecule has 0 bridgehead atoms. The number of nitrogens with zero attached hydrogens (tertiary/aromatic N) is 3. The van der Waals surface area contributed by atoms with Gasteiger partial charge >= 0.3 is 0 Å². The van der Waals surface area contributed by atoms with Crippen molar-refractivity contribution in [1.29, 1.82) is 0 Å². The third kappa shape index (κ3) is 4.02. The Morgan fingerprint density at radius 3 is 2.00 bits per heavy atom.